The maximum Gasteiger partial charge on any atom is 0.251 e. The number of amides is 1. The van der Waals surface area contributed by atoms with Crippen LogP contribution in [0.1, 0.15) is 35.4 Å². The van der Waals surface area contributed by atoms with Gasteiger partial charge in [0.1, 0.15) is 11.6 Å². The standard InChI is InChI=1S/C17H19IN4O/c18-14-6-4-13(5-7-14)17(23)20-12-15-19-9-8-16(21-15)22-10-2-1-3-11-22/h4-9H,1-3,10-12H2,(H,20,23). The molecule has 0 atom stereocenters. The summed E-state index contributed by atoms with van der Waals surface area (Å²) in [5.74, 6) is 1.50. The number of piperidine rings is 1. The molecule has 5 nitrogen and oxygen atoms in total. The van der Waals surface area contributed by atoms with Gasteiger partial charge in [0.2, 0.25) is 0 Å². The zero-order chi connectivity index (χ0) is 16.1. The van der Waals surface area contributed by atoms with Crippen LogP contribution >= 0.6 is 22.6 Å². The molecule has 23 heavy (non-hydrogen) atoms. The maximum atomic E-state index is 12.1. The van der Waals surface area contributed by atoms with Crippen molar-refractivity contribution in [1.29, 1.82) is 0 Å². The molecule has 1 aromatic heterocycles. The minimum Gasteiger partial charge on any atom is -0.357 e. The third-order valence-corrected chi connectivity index (χ3v) is 4.60. The number of carbonyl (C=O) groups excluding carboxylic acids is 1. The molecule has 0 saturated carbocycles. The molecule has 1 aromatic carbocycles. The Morgan fingerprint density at radius 2 is 1.87 bits per heavy atom. The van der Waals surface area contributed by atoms with Crippen LogP contribution in [0, 0.1) is 3.57 Å². The Kier molecular flexibility index (Phi) is 5.43. The number of halogens is 1. The summed E-state index contributed by atoms with van der Waals surface area (Å²) in [7, 11) is 0. The van der Waals surface area contributed by atoms with Crippen molar-refractivity contribution in [2.45, 2.75) is 25.8 Å². The molecule has 1 fully saturated rings. The number of aromatic nitrogens is 2. The normalized spacial score (nSPS) is 14.6. The van der Waals surface area contributed by atoms with E-state index >= 15 is 0 Å². The van der Waals surface area contributed by atoms with Gasteiger partial charge in [0.15, 0.2) is 0 Å². The highest BCUT2D eigenvalue weighted by molar-refractivity contribution is 14.1. The van der Waals surface area contributed by atoms with Gasteiger partial charge in [-0.3, -0.25) is 4.79 Å². The van der Waals surface area contributed by atoms with Gasteiger partial charge in [-0.1, -0.05) is 0 Å². The second kappa shape index (κ2) is 7.72. The number of nitrogens with one attached hydrogen (secondary N) is 1. The Labute approximate surface area is 149 Å². The van der Waals surface area contributed by atoms with Crippen LogP contribution in [-0.2, 0) is 6.54 Å². The molecule has 1 N–H and O–H groups in total. The van der Waals surface area contributed by atoms with Gasteiger partial charge in [-0.25, -0.2) is 9.97 Å². The van der Waals surface area contributed by atoms with Gasteiger partial charge in [-0.2, -0.15) is 0 Å². The van der Waals surface area contributed by atoms with Crippen LogP contribution < -0.4 is 10.2 Å². The first-order valence-electron chi connectivity index (χ1n) is 7.83. The lowest BCUT2D eigenvalue weighted by Crippen LogP contribution is -2.31. The van der Waals surface area contributed by atoms with E-state index in [0.29, 0.717) is 17.9 Å². The van der Waals surface area contributed by atoms with E-state index in [1.54, 1.807) is 6.20 Å². The fourth-order valence-electron chi connectivity index (χ4n) is 2.64. The summed E-state index contributed by atoms with van der Waals surface area (Å²) in [6.45, 7) is 2.43. The first-order chi connectivity index (χ1) is 11.2. The Bertz CT molecular complexity index is 669. The predicted octanol–water partition coefficient (Wildman–Crippen LogP) is 3.00. The smallest absolute Gasteiger partial charge is 0.251 e. The minimum absolute atomic E-state index is 0.103. The molecule has 0 spiro atoms. The summed E-state index contributed by atoms with van der Waals surface area (Å²) in [4.78, 5) is 23.3. The second-order valence-corrected chi connectivity index (χ2v) is 6.81. The maximum absolute atomic E-state index is 12.1. The molecular formula is C17H19IN4O. The summed E-state index contributed by atoms with van der Waals surface area (Å²) in [5.41, 5.74) is 0.651. The first kappa shape index (κ1) is 16.2. The summed E-state index contributed by atoms with van der Waals surface area (Å²) >= 11 is 2.22. The average molecular weight is 422 g/mol. The van der Waals surface area contributed by atoms with Crippen molar-refractivity contribution >= 4 is 34.3 Å². The van der Waals surface area contributed by atoms with E-state index in [1.165, 1.54) is 19.3 Å². The Morgan fingerprint density at radius 3 is 2.61 bits per heavy atom. The Morgan fingerprint density at radius 1 is 1.13 bits per heavy atom. The number of carbonyl (C=O) groups is 1. The summed E-state index contributed by atoms with van der Waals surface area (Å²) in [6, 6.07) is 9.42. The largest absolute Gasteiger partial charge is 0.357 e. The number of anilines is 1. The van der Waals surface area contributed by atoms with Gasteiger partial charge >= 0.3 is 0 Å². The van der Waals surface area contributed by atoms with E-state index in [-0.39, 0.29) is 5.91 Å². The van der Waals surface area contributed by atoms with Gasteiger partial charge in [0.05, 0.1) is 6.54 Å². The molecule has 3 rings (SSSR count). The van der Waals surface area contributed by atoms with E-state index in [0.717, 1.165) is 22.5 Å². The SMILES string of the molecule is O=C(NCc1nccc(N2CCCCC2)n1)c1ccc(I)cc1. The van der Waals surface area contributed by atoms with Crippen molar-refractivity contribution in [3.63, 3.8) is 0 Å². The van der Waals surface area contributed by atoms with Crippen molar-refractivity contribution in [2.24, 2.45) is 0 Å². The number of rotatable bonds is 4. The van der Waals surface area contributed by atoms with Gasteiger partial charge < -0.3 is 10.2 Å². The highest BCUT2D eigenvalue weighted by Gasteiger charge is 2.13. The lowest BCUT2D eigenvalue weighted by molar-refractivity contribution is 0.0950. The van der Waals surface area contributed by atoms with Crippen LogP contribution in [0.25, 0.3) is 0 Å². The Hall–Kier alpha value is -1.70. The number of hydrogen-bond donors (Lipinski definition) is 1. The second-order valence-electron chi connectivity index (χ2n) is 5.57. The minimum atomic E-state index is -0.103. The van der Waals surface area contributed by atoms with Crippen LogP contribution in [0.3, 0.4) is 0 Å². The van der Waals surface area contributed by atoms with E-state index in [2.05, 4.69) is 42.8 Å². The zero-order valence-electron chi connectivity index (χ0n) is 12.8. The van der Waals surface area contributed by atoms with Gasteiger partial charge in [0.25, 0.3) is 5.91 Å². The van der Waals surface area contributed by atoms with E-state index in [9.17, 15) is 4.79 Å². The molecule has 0 bridgehead atoms. The lowest BCUT2D eigenvalue weighted by atomic mass is 10.1. The zero-order valence-corrected chi connectivity index (χ0v) is 15.0. The van der Waals surface area contributed by atoms with Gasteiger partial charge in [-0.05, 0) is 72.2 Å². The first-order valence-corrected chi connectivity index (χ1v) is 8.91. The van der Waals surface area contributed by atoms with Crippen LogP contribution in [0.2, 0.25) is 0 Å². The summed E-state index contributed by atoms with van der Waals surface area (Å²) in [5, 5.41) is 2.88. The fraction of sp³-hybridized carbons (Fsp3) is 0.353. The molecule has 120 valence electrons. The summed E-state index contributed by atoms with van der Waals surface area (Å²) in [6.07, 6.45) is 5.48. The third-order valence-electron chi connectivity index (χ3n) is 3.88. The molecule has 1 aliphatic rings. The molecule has 2 aromatic rings. The average Bonchev–Trinajstić information content (AvgIpc) is 2.61. The lowest BCUT2D eigenvalue weighted by Gasteiger charge is -2.27. The monoisotopic (exact) mass is 422 g/mol. The summed E-state index contributed by atoms with van der Waals surface area (Å²) < 4.78 is 1.11. The number of benzene rings is 1. The Balaban J connectivity index is 1.61. The van der Waals surface area contributed by atoms with Gasteiger partial charge in [0, 0.05) is 28.4 Å². The van der Waals surface area contributed by atoms with Crippen molar-refractivity contribution in [3.8, 4) is 0 Å². The van der Waals surface area contributed by atoms with Gasteiger partial charge in [-0.15, -0.1) is 0 Å². The molecule has 1 aliphatic heterocycles. The van der Waals surface area contributed by atoms with E-state index < -0.39 is 0 Å². The molecule has 1 amide bonds. The van der Waals surface area contributed by atoms with Crippen molar-refractivity contribution in [2.75, 3.05) is 18.0 Å². The topological polar surface area (TPSA) is 58.1 Å². The molecule has 0 aliphatic carbocycles. The molecule has 0 unspecified atom stereocenters. The van der Waals surface area contributed by atoms with Crippen LogP contribution in [0.15, 0.2) is 36.5 Å². The highest BCUT2D eigenvalue weighted by Crippen LogP contribution is 2.16. The van der Waals surface area contributed by atoms with Crippen LogP contribution in [-0.4, -0.2) is 29.0 Å². The molecule has 1 saturated heterocycles. The molecular weight excluding hydrogens is 403 g/mol. The number of nitrogens with zero attached hydrogens (tertiary/aromatic N) is 3. The van der Waals surface area contributed by atoms with E-state index in [4.69, 9.17) is 0 Å². The quantitative estimate of drug-likeness (QED) is 0.770. The predicted molar refractivity (Wildman–Crippen MR) is 98.4 cm³/mol. The van der Waals surface area contributed by atoms with Crippen molar-refractivity contribution in [1.82, 2.24) is 15.3 Å². The molecule has 6 heteroatoms. The van der Waals surface area contributed by atoms with Crippen molar-refractivity contribution in [3.05, 3.63) is 51.5 Å². The third kappa shape index (κ3) is 4.40. The molecule has 0 radical (unpaired) electrons. The number of hydrogen-bond acceptors (Lipinski definition) is 4. The molecule has 2 heterocycles. The fourth-order valence-corrected chi connectivity index (χ4v) is 2.99. The van der Waals surface area contributed by atoms with Crippen LogP contribution in [0.4, 0.5) is 5.82 Å². The highest BCUT2D eigenvalue weighted by atomic mass is 127. The van der Waals surface area contributed by atoms with Crippen LogP contribution in [0.5, 0.6) is 0 Å². The van der Waals surface area contributed by atoms with Crippen molar-refractivity contribution < 1.29 is 4.79 Å². The van der Waals surface area contributed by atoms with E-state index in [1.807, 2.05) is 30.3 Å².